The largest absolute Gasteiger partial charge is 0.390 e. The van der Waals surface area contributed by atoms with Gasteiger partial charge in [-0.15, -0.1) is 0 Å². The van der Waals surface area contributed by atoms with Crippen molar-refractivity contribution in [2.75, 3.05) is 0 Å². The van der Waals surface area contributed by atoms with E-state index in [2.05, 4.69) is 25.8 Å². The van der Waals surface area contributed by atoms with E-state index < -0.39 is 0 Å². The third kappa shape index (κ3) is 1.61. The summed E-state index contributed by atoms with van der Waals surface area (Å²) in [6, 6.07) is 4.02. The fourth-order valence-corrected chi connectivity index (χ4v) is 2.00. The van der Waals surface area contributed by atoms with Crippen molar-refractivity contribution >= 4 is 5.65 Å². The second-order valence-electron chi connectivity index (χ2n) is 5.20. The minimum Gasteiger partial charge on any atom is -0.390 e. The van der Waals surface area contributed by atoms with Gasteiger partial charge in [-0.25, -0.2) is 4.98 Å². The van der Waals surface area contributed by atoms with Gasteiger partial charge in [0.15, 0.2) is 0 Å². The number of pyridine rings is 1. The van der Waals surface area contributed by atoms with Crippen LogP contribution in [0, 0.1) is 6.92 Å². The standard InChI is InChI=1S/C13H18N2O/c1-9-6-5-7-15-10(8-16)11(13(2,3)4)14-12(9)15/h5-7,16H,8H2,1-4H3. The zero-order valence-corrected chi connectivity index (χ0v) is 10.3. The molecule has 0 aliphatic rings. The highest BCUT2D eigenvalue weighted by Gasteiger charge is 2.23. The molecule has 0 spiro atoms. The average molecular weight is 218 g/mol. The summed E-state index contributed by atoms with van der Waals surface area (Å²) in [4.78, 5) is 4.66. The Hall–Kier alpha value is -1.35. The molecule has 0 saturated carbocycles. The van der Waals surface area contributed by atoms with Crippen molar-refractivity contribution in [3.63, 3.8) is 0 Å². The zero-order valence-electron chi connectivity index (χ0n) is 10.3. The first kappa shape index (κ1) is 11.1. The Morgan fingerprint density at radius 1 is 1.38 bits per heavy atom. The van der Waals surface area contributed by atoms with E-state index in [1.165, 1.54) is 0 Å². The van der Waals surface area contributed by atoms with Crippen molar-refractivity contribution in [1.82, 2.24) is 9.38 Å². The summed E-state index contributed by atoms with van der Waals surface area (Å²) < 4.78 is 1.98. The first-order valence-corrected chi connectivity index (χ1v) is 5.53. The van der Waals surface area contributed by atoms with Crippen LogP contribution in [0.1, 0.15) is 37.7 Å². The molecule has 2 aromatic heterocycles. The summed E-state index contributed by atoms with van der Waals surface area (Å²) in [6.45, 7) is 8.41. The molecule has 3 heteroatoms. The lowest BCUT2D eigenvalue weighted by Gasteiger charge is -2.16. The number of rotatable bonds is 1. The maximum Gasteiger partial charge on any atom is 0.140 e. The van der Waals surface area contributed by atoms with E-state index in [4.69, 9.17) is 0 Å². The quantitative estimate of drug-likeness (QED) is 0.798. The molecule has 0 radical (unpaired) electrons. The lowest BCUT2D eigenvalue weighted by atomic mass is 9.91. The highest BCUT2D eigenvalue weighted by atomic mass is 16.3. The van der Waals surface area contributed by atoms with Gasteiger partial charge in [-0.3, -0.25) is 0 Å². The van der Waals surface area contributed by atoms with E-state index in [0.29, 0.717) is 0 Å². The third-order valence-electron chi connectivity index (χ3n) is 2.80. The highest BCUT2D eigenvalue weighted by molar-refractivity contribution is 5.51. The maximum atomic E-state index is 9.50. The summed E-state index contributed by atoms with van der Waals surface area (Å²) in [5.41, 5.74) is 3.90. The van der Waals surface area contributed by atoms with E-state index in [0.717, 1.165) is 22.6 Å². The molecule has 16 heavy (non-hydrogen) atoms. The van der Waals surface area contributed by atoms with Crippen LogP contribution in [0.4, 0.5) is 0 Å². The summed E-state index contributed by atoms with van der Waals surface area (Å²) in [5, 5.41) is 9.50. The molecule has 2 rings (SSSR count). The van der Waals surface area contributed by atoms with Crippen molar-refractivity contribution in [3.8, 4) is 0 Å². The van der Waals surface area contributed by atoms with Gasteiger partial charge in [0.25, 0.3) is 0 Å². The predicted octanol–water partition coefficient (Wildman–Crippen LogP) is 2.43. The summed E-state index contributed by atoms with van der Waals surface area (Å²) in [6.07, 6.45) is 1.95. The molecule has 2 heterocycles. The number of aliphatic hydroxyl groups excluding tert-OH is 1. The number of fused-ring (bicyclic) bond motifs is 1. The van der Waals surface area contributed by atoms with Crippen molar-refractivity contribution < 1.29 is 5.11 Å². The maximum absolute atomic E-state index is 9.50. The Kier molecular flexibility index (Phi) is 2.50. The molecular formula is C13H18N2O. The second-order valence-corrected chi connectivity index (χ2v) is 5.20. The molecule has 0 saturated heterocycles. The van der Waals surface area contributed by atoms with Crippen molar-refractivity contribution in [2.45, 2.75) is 39.7 Å². The molecule has 0 aliphatic heterocycles. The van der Waals surface area contributed by atoms with Crippen molar-refractivity contribution in [1.29, 1.82) is 0 Å². The minimum atomic E-state index is -0.0451. The highest BCUT2D eigenvalue weighted by Crippen LogP contribution is 2.27. The number of nitrogens with zero attached hydrogens (tertiary/aromatic N) is 2. The molecule has 0 bridgehead atoms. The second kappa shape index (κ2) is 3.59. The topological polar surface area (TPSA) is 37.5 Å². The normalized spacial score (nSPS) is 12.3. The van der Waals surface area contributed by atoms with Crippen LogP contribution in [0.3, 0.4) is 0 Å². The molecule has 2 aromatic rings. The van der Waals surface area contributed by atoms with Gasteiger partial charge in [0.2, 0.25) is 0 Å². The molecule has 0 unspecified atom stereocenters. The third-order valence-corrected chi connectivity index (χ3v) is 2.80. The van der Waals surface area contributed by atoms with Crippen LogP contribution in [0.25, 0.3) is 5.65 Å². The van der Waals surface area contributed by atoms with Gasteiger partial charge in [0, 0.05) is 11.6 Å². The first-order chi connectivity index (χ1) is 7.45. The van der Waals surface area contributed by atoms with Gasteiger partial charge >= 0.3 is 0 Å². The Bertz CT molecular complexity index is 520. The molecule has 86 valence electrons. The van der Waals surface area contributed by atoms with E-state index in [1.54, 1.807) is 0 Å². The van der Waals surface area contributed by atoms with Gasteiger partial charge < -0.3 is 9.51 Å². The lowest BCUT2D eigenvalue weighted by molar-refractivity contribution is 0.272. The van der Waals surface area contributed by atoms with Crippen LogP contribution in [-0.4, -0.2) is 14.5 Å². The summed E-state index contributed by atoms with van der Waals surface area (Å²) in [5.74, 6) is 0. The van der Waals surface area contributed by atoms with E-state index in [1.807, 2.05) is 29.7 Å². The van der Waals surface area contributed by atoms with Gasteiger partial charge in [-0.1, -0.05) is 26.8 Å². The fourth-order valence-electron chi connectivity index (χ4n) is 2.00. The number of aliphatic hydroxyl groups is 1. The smallest absolute Gasteiger partial charge is 0.140 e. The molecule has 0 aromatic carbocycles. The lowest BCUT2D eigenvalue weighted by Crippen LogP contribution is -2.14. The fraction of sp³-hybridized carbons (Fsp3) is 0.462. The van der Waals surface area contributed by atoms with Crippen LogP contribution >= 0.6 is 0 Å². The predicted molar refractivity (Wildman–Crippen MR) is 64.6 cm³/mol. The molecule has 0 aliphatic carbocycles. The van der Waals surface area contributed by atoms with Crippen LogP contribution in [0.5, 0.6) is 0 Å². The van der Waals surface area contributed by atoms with Gasteiger partial charge in [-0.05, 0) is 18.6 Å². The molecule has 3 nitrogen and oxygen atoms in total. The number of imidazole rings is 1. The van der Waals surface area contributed by atoms with Crippen molar-refractivity contribution in [3.05, 3.63) is 35.3 Å². The molecule has 1 N–H and O–H groups in total. The number of aryl methyl sites for hydroxylation is 1. The Balaban J connectivity index is 2.81. The number of aromatic nitrogens is 2. The van der Waals surface area contributed by atoms with E-state index in [-0.39, 0.29) is 12.0 Å². The summed E-state index contributed by atoms with van der Waals surface area (Å²) >= 11 is 0. The summed E-state index contributed by atoms with van der Waals surface area (Å²) in [7, 11) is 0. The molecule has 0 atom stereocenters. The average Bonchev–Trinajstić information content (AvgIpc) is 2.57. The SMILES string of the molecule is Cc1cccn2c(CO)c(C(C)(C)C)nc12. The zero-order chi connectivity index (χ0) is 11.9. The number of hydrogen-bond donors (Lipinski definition) is 1. The Labute approximate surface area is 95.8 Å². The number of hydrogen-bond acceptors (Lipinski definition) is 2. The van der Waals surface area contributed by atoms with Crippen molar-refractivity contribution in [2.24, 2.45) is 0 Å². The van der Waals surface area contributed by atoms with E-state index in [9.17, 15) is 5.11 Å². The van der Waals surface area contributed by atoms with Gasteiger partial charge in [0.1, 0.15) is 5.65 Å². The van der Waals surface area contributed by atoms with E-state index >= 15 is 0 Å². The van der Waals surface area contributed by atoms with Crippen LogP contribution in [0.2, 0.25) is 0 Å². The molecular weight excluding hydrogens is 200 g/mol. The molecule has 0 fully saturated rings. The van der Waals surface area contributed by atoms with Crippen LogP contribution in [-0.2, 0) is 12.0 Å². The Morgan fingerprint density at radius 2 is 2.06 bits per heavy atom. The van der Waals surface area contributed by atoms with Crippen LogP contribution < -0.4 is 0 Å². The van der Waals surface area contributed by atoms with Gasteiger partial charge in [0.05, 0.1) is 18.0 Å². The Morgan fingerprint density at radius 3 is 2.62 bits per heavy atom. The first-order valence-electron chi connectivity index (χ1n) is 5.53. The molecule has 0 amide bonds. The monoisotopic (exact) mass is 218 g/mol. The van der Waals surface area contributed by atoms with Gasteiger partial charge in [-0.2, -0.15) is 0 Å². The minimum absolute atomic E-state index is 0.0250. The van der Waals surface area contributed by atoms with Crippen LogP contribution in [0.15, 0.2) is 18.3 Å².